The predicted molar refractivity (Wildman–Crippen MR) is 70.8 cm³/mol. The first-order chi connectivity index (χ1) is 8.49. The molecule has 1 amide bonds. The summed E-state index contributed by atoms with van der Waals surface area (Å²) >= 11 is 1.47. The summed E-state index contributed by atoms with van der Waals surface area (Å²) in [7, 11) is 0. The molecule has 1 heterocycles. The van der Waals surface area contributed by atoms with Gasteiger partial charge >= 0.3 is 5.97 Å². The first-order valence-electron chi connectivity index (χ1n) is 5.69. The van der Waals surface area contributed by atoms with Gasteiger partial charge in [0.15, 0.2) is 0 Å². The summed E-state index contributed by atoms with van der Waals surface area (Å²) in [5.41, 5.74) is 2.59. The first kappa shape index (κ1) is 13.0. The number of aliphatic carboxylic acids is 1. The molecule has 18 heavy (non-hydrogen) atoms. The number of rotatable bonds is 2. The van der Waals surface area contributed by atoms with E-state index in [4.69, 9.17) is 5.11 Å². The van der Waals surface area contributed by atoms with E-state index < -0.39 is 12.0 Å². The summed E-state index contributed by atoms with van der Waals surface area (Å²) in [6, 6.07) is 4.89. The molecule has 1 N–H and O–H groups in total. The predicted octanol–water partition coefficient (Wildman–Crippen LogP) is 1.90. The standard InChI is InChI=1S/C13H15NO3S/c1-8-3-9(2)5-10(4-8)12(15)14-7-18-6-11(14)13(16)17/h3-5,11H,6-7H2,1-2H3,(H,16,17)/t11-/m0/s1. The van der Waals surface area contributed by atoms with Crippen LogP contribution in [-0.4, -0.2) is 39.6 Å². The summed E-state index contributed by atoms with van der Waals surface area (Å²) in [6.45, 7) is 3.86. The number of carbonyl (C=O) groups excluding carboxylic acids is 1. The Hall–Kier alpha value is -1.49. The topological polar surface area (TPSA) is 57.6 Å². The average Bonchev–Trinajstić information content (AvgIpc) is 2.75. The van der Waals surface area contributed by atoms with Crippen LogP contribution in [0, 0.1) is 13.8 Å². The second-order valence-electron chi connectivity index (χ2n) is 4.51. The van der Waals surface area contributed by atoms with Crippen LogP contribution in [0.25, 0.3) is 0 Å². The van der Waals surface area contributed by atoms with E-state index in [1.807, 2.05) is 19.9 Å². The molecule has 0 radical (unpaired) electrons. The van der Waals surface area contributed by atoms with E-state index in [2.05, 4.69) is 0 Å². The van der Waals surface area contributed by atoms with Crippen molar-refractivity contribution in [2.45, 2.75) is 19.9 Å². The van der Waals surface area contributed by atoms with Gasteiger partial charge < -0.3 is 10.0 Å². The molecule has 0 saturated carbocycles. The van der Waals surface area contributed by atoms with Gasteiger partial charge in [-0.1, -0.05) is 17.2 Å². The van der Waals surface area contributed by atoms with Crippen LogP contribution in [0.15, 0.2) is 18.2 Å². The molecule has 1 aromatic carbocycles. The zero-order valence-corrected chi connectivity index (χ0v) is 11.2. The average molecular weight is 265 g/mol. The fourth-order valence-corrected chi connectivity index (χ4v) is 3.26. The molecule has 1 fully saturated rings. The van der Waals surface area contributed by atoms with Crippen LogP contribution in [0.3, 0.4) is 0 Å². The Balaban J connectivity index is 2.28. The zero-order chi connectivity index (χ0) is 13.3. The molecule has 0 bridgehead atoms. The minimum absolute atomic E-state index is 0.195. The molecular formula is C13H15NO3S. The van der Waals surface area contributed by atoms with Gasteiger partial charge in [-0.3, -0.25) is 4.79 Å². The zero-order valence-electron chi connectivity index (χ0n) is 10.3. The van der Waals surface area contributed by atoms with Crippen molar-refractivity contribution in [3.05, 3.63) is 34.9 Å². The van der Waals surface area contributed by atoms with Crippen LogP contribution in [-0.2, 0) is 4.79 Å². The highest BCUT2D eigenvalue weighted by molar-refractivity contribution is 7.99. The Kier molecular flexibility index (Phi) is 3.61. The van der Waals surface area contributed by atoms with Crippen molar-refractivity contribution >= 4 is 23.6 Å². The number of amides is 1. The first-order valence-corrected chi connectivity index (χ1v) is 6.84. The van der Waals surface area contributed by atoms with Crippen molar-refractivity contribution in [1.82, 2.24) is 4.90 Å². The highest BCUT2D eigenvalue weighted by Gasteiger charge is 2.34. The van der Waals surface area contributed by atoms with E-state index in [0.717, 1.165) is 11.1 Å². The van der Waals surface area contributed by atoms with Gasteiger partial charge in [-0.25, -0.2) is 4.79 Å². The van der Waals surface area contributed by atoms with Gasteiger partial charge in [-0.15, -0.1) is 11.8 Å². The molecule has 96 valence electrons. The highest BCUT2D eigenvalue weighted by Crippen LogP contribution is 2.24. The minimum Gasteiger partial charge on any atom is -0.480 e. The Morgan fingerprint density at radius 3 is 2.44 bits per heavy atom. The number of carbonyl (C=O) groups is 2. The maximum absolute atomic E-state index is 12.3. The monoisotopic (exact) mass is 265 g/mol. The molecule has 0 aromatic heterocycles. The molecule has 0 spiro atoms. The van der Waals surface area contributed by atoms with Crippen molar-refractivity contribution in [2.24, 2.45) is 0 Å². The Labute approximate surface area is 110 Å². The van der Waals surface area contributed by atoms with Crippen LogP contribution in [0.5, 0.6) is 0 Å². The molecule has 0 aliphatic carbocycles. The molecule has 1 aliphatic heterocycles. The fourth-order valence-electron chi connectivity index (χ4n) is 2.11. The smallest absolute Gasteiger partial charge is 0.327 e. The van der Waals surface area contributed by atoms with Crippen LogP contribution in [0.1, 0.15) is 21.5 Å². The van der Waals surface area contributed by atoms with Crippen LogP contribution >= 0.6 is 11.8 Å². The lowest BCUT2D eigenvalue weighted by Gasteiger charge is -2.20. The van der Waals surface area contributed by atoms with Gasteiger partial charge in [0.1, 0.15) is 6.04 Å². The van der Waals surface area contributed by atoms with Crippen LogP contribution < -0.4 is 0 Å². The lowest BCUT2D eigenvalue weighted by Crippen LogP contribution is -2.41. The quantitative estimate of drug-likeness (QED) is 0.887. The summed E-state index contributed by atoms with van der Waals surface area (Å²) in [4.78, 5) is 24.8. The van der Waals surface area contributed by atoms with Gasteiger partial charge in [-0.2, -0.15) is 0 Å². The van der Waals surface area contributed by atoms with Crippen molar-refractivity contribution in [3.63, 3.8) is 0 Å². The number of hydrogen-bond donors (Lipinski definition) is 1. The SMILES string of the molecule is Cc1cc(C)cc(C(=O)N2CSC[C@H]2C(=O)O)c1. The lowest BCUT2D eigenvalue weighted by molar-refractivity contribution is -0.140. The number of benzene rings is 1. The second-order valence-corrected chi connectivity index (χ2v) is 5.51. The van der Waals surface area contributed by atoms with Gasteiger partial charge in [0.05, 0.1) is 5.88 Å². The molecule has 0 unspecified atom stereocenters. The highest BCUT2D eigenvalue weighted by atomic mass is 32.2. The van der Waals surface area contributed by atoms with E-state index >= 15 is 0 Å². The number of aryl methyl sites for hydroxylation is 2. The third-order valence-corrected chi connectivity index (χ3v) is 3.91. The van der Waals surface area contributed by atoms with E-state index in [9.17, 15) is 9.59 Å². The Morgan fingerprint density at radius 1 is 1.28 bits per heavy atom. The number of hydrogen-bond acceptors (Lipinski definition) is 3. The Bertz CT molecular complexity index is 481. The van der Waals surface area contributed by atoms with E-state index in [1.54, 1.807) is 12.1 Å². The van der Waals surface area contributed by atoms with Crippen molar-refractivity contribution in [3.8, 4) is 0 Å². The second kappa shape index (κ2) is 5.02. The van der Waals surface area contributed by atoms with Gasteiger partial charge in [0.2, 0.25) is 0 Å². The summed E-state index contributed by atoms with van der Waals surface area (Å²) < 4.78 is 0. The molecule has 2 rings (SSSR count). The third kappa shape index (κ3) is 2.51. The normalized spacial score (nSPS) is 19.0. The van der Waals surface area contributed by atoms with Gasteiger partial charge in [0.25, 0.3) is 5.91 Å². The molecule has 1 aromatic rings. The van der Waals surface area contributed by atoms with Gasteiger partial charge in [-0.05, 0) is 26.0 Å². The van der Waals surface area contributed by atoms with E-state index in [1.165, 1.54) is 16.7 Å². The third-order valence-electron chi connectivity index (χ3n) is 2.90. The molecule has 1 aliphatic rings. The maximum Gasteiger partial charge on any atom is 0.327 e. The van der Waals surface area contributed by atoms with Crippen LogP contribution in [0.2, 0.25) is 0 Å². The number of thioether (sulfide) groups is 1. The Morgan fingerprint density at radius 2 is 1.89 bits per heavy atom. The summed E-state index contributed by atoms with van der Waals surface area (Å²) in [5.74, 6) is -0.216. The minimum atomic E-state index is -0.933. The van der Waals surface area contributed by atoms with Gasteiger partial charge in [0, 0.05) is 11.3 Å². The fraction of sp³-hybridized carbons (Fsp3) is 0.385. The number of carboxylic acid groups (broad SMARTS) is 1. The molecule has 4 nitrogen and oxygen atoms in total. The maximum atomic E-state index is 12.3. The van der Waals surface area contributed by atoms with Crippen molar-refractivity contribution in [2.75, 3.05) is 11.6 Å². The summed E-state index contributed by atoms with van der Waals surface area (Å²) in [6.07, 6.45) is 0. The van der Waals surface area contributed by atoms with Crippen LogP contribution in [0.4, 0.5) is 0 Å². The lowest BCUT2D eigenvalue weighted by atomic mass is 10.1. The molecular weight excluding hydrogens is 250 g/mol. The van der Waals surface area contributed by atoms with Crippen molar-refractivity contribution < 1.29 is 14.7 Å². The largest absolute Gasteiger partial charge is 0.480 e. The molecule has 1 atom stereocenters. The van der Waals surface area contributed by atoms with Crippen molar-refractivity contribution in [1.29, 1.82) is 0 Å². The molecule has 5 heteroatoms. The molecule has 1 saturated heterocycles. The number of nitrogens with zero attached hydrogens (tertiary/aromatic N) is 1. The van der Waals surface area contributed by atoms with E-state index in [-0.39, 0.29) is 5.91 Å². The summed E-state index contributed by atoms with van der Waals surface area (Å²) in [5, 5.41) is 9.08. The number of carboxylic acids is 1. The van der Waals surface area contributed by atoms with E-state index in [0.29, 0.717) is 17.2 Å².